The summed E-state index contributed by atoms with van der Waals surface area (Å²) in [6.07, 6.45) is 14.6. The number of rotatable bonds is 14. The molecule has 2 aromatic rings. The molecule has 1 heterocycles. The number of carbonyl (C=O) groups is 4. The topological polar surface area (TPSA) is 95.6 Å². The Labute approximate surface area is 243 Å². The van der Waals surface area contributed by atoms with Gasteiger partial charge < -0.3 is 10.6 Å². The third-order valence-electron chi connectivity index (χ3n) is 8.12. The summed E-state index contributed by atoms with van der Waals surface area (Å²) in [5.41, 5.74) is 3.24. The molecule has 0 bridgehead atoms. The summed E-state index contributed by atoms with van der Waals surface area (Å²) in [6.45, 7) is 4.22. The van der Waals surface area contributed by atoms with Gasteiger partial charge in [-0.15, -0.1) is 0 Å². The van der Waals surface area contributed by atoms with E-state index < -0.39 is 0 Å². The van der Waals surface area contributed by atoms with Gasteiger partial charge in [0.15, 0.2) is 0 Å². The predicted octanol–water partition coefficient (Wildman–Crippen LogP) is 7.64. The lowest BCUT2D eigenvalue weighted by molar-refractivity contribution is -0.122. The van der Waals surface area contributed by atoms with Gasteiger partial charge in [0.1, 0.15) is 0 Å². The Kier molecular flexibility index (Phi) is 10.9. The van der Waals surface area contributed by atoms with Gasteiger partial charge in [-0.3, -0.25) is 24.1 Å². The van der Waals surface area contributed by atoms with E-state index in [2.05, 4.69) is 17.6 Å². The van der Waals surface area contributed by atoms with Crippen molar-refractivity contribution >= 4 is 40.7 Å². The van der Waals surface area contributed by atoms with Crippen LogP contribution in [-0.2, 0) is 14.4 Å². The van der Waals surface area contributed by atoms with Crippen molar-refractivity contribution in [2.45, 2.75) is 90.9 Å². The number of hydrogen-bond donors (Lipinski definition) is 2. The van der Waals surface area contributed by atoms with E-state index in [4.69, 9.17) is 0 Å². The van der Waals surface area contributed by atoms with Crippen LogP contribution in [-0.4, -0.2) is 23.6 Å². The van der Waals surface area contributed by atoms with Crippen LogP contribution in [0.5, 0.6) is 0 Å². The van der Waals surface area contributed by atoms with Crippen LogP contribution in [0.4, 0.5) is 17.1 Å². The SMILES string of the molecule is CCCCCCCCCCCC(=O)Nc1cccc(NC(=O)c2ccc(N3C(=O)[C@H]4CC=C(C)C[C@H]4C3=O)cc2)c1. The highest BCUT2D eigenvalue weighted by Gasteiger charge is 2.48. The zero-order valence-corrected chi connectivity index (χ0v) is 24.4. The van der Waals surface area contributed by atoms with Gasteiger partial charge in [-0.2, -0.15) is 0 Å². The lowest BCUT2D eigenvalue weighted by Crippen LogP contribution is -2.30. The van der Waals surface area contributed by atoms with Crippen LogP contribution < -0.4 is 15.5 Å². The first-order valence-electron chi connectivity index (χ1n) is 15.2. The van der Waals surface area contributed by atoms with Crippen LogP contribution in [0.3, 0.4) is 0 Å². The minimum absolute atomic E-state index is 0.0243. The number of allylic oxidation sites excluding steroid dienone is 2. The second-order valence-corrected chi connectivity index (χ2v) is 11.4. The molecule has 7 heteroatoms. The van der Waals surface area contributed by atoms with Crippen molar-refractivity contribution in [3.8, 4) is 0 Å². The second kappa shape index (κ2) is 14.8. The summed E-state index contributed by atoms with van der Waals surface area (Å²) in [5.74, 6) is -1.27. The van der Waals surface area contributed by atoms with Gasteiger partial charge in [-0.25, -0.2) is 0 Å². The molecule has 0 spiro atoms. The fourth-order valence-electron chi connectivity index (χ4n) is 5.75. The molecule has 2 aliphatic rings. The smallest absolute Gasteiger partial charge is 0.255 e. The number of benzene rings is 2. The molecule has 0 unspecified atom stereocenters. The highest BCUT2D eigenvalue weighted by Crippen LogP contribution is 2.39. The van der Waals surface area contributed by atoms with Crippen molar-refractivity contribution < 1.29 is 19.2 Å². The maximum atomic E-state index is 13.0. The van der Waals surface area contributed by atoms with Crippen molar-refractivity contribution in [2.75, 3.05) is 15.5 Å². The van der Waals surface area contributed by atoms with Crippen molar-refractivity contribution in [1.29, 1.82) is 0 Å². The monoisotopic (exact) mass is 557 g/mol. The molecule has 1 saturated heterocycles. The van der Waals surface area contributed by atoms with Crippen molar-refractivity contribution in [1.82, 2.24) is 0 Å². The summed E-state index contributed by atoms with van der Waals surface area (Å²) in [6, 6.07) is 13.6. The van der Waals surface area contributed by atoms with Crippen LogP contribution in [0.25, 0.3) is 0 Å². The van der Waals surface area contributed by atoms with E-state index in [1.807, 2.05) is 13.0 Å². The van der Waals surface area contributed by atoms with Gasteiger partial charge in [0.25, 0.3) is 5.91 Å². The summed E-state index contributed by atoms with van der Waals surface area (Å²) < 4.78 is 0. The first-order valence-corrected chi connectivity index (χ1v) is 15.2. The number of imide groups is 1. The molecule has 0 saturated carbocycles. The van der Waals surface area contributed by atoms with E-state index >= 15 is 0 Å². The molecule has 0 aromatic heterocycles. The molecule has 4 amide bonds. The highest BCUT2D eigenvalue weighted by molar-refractivity contribution is 6.22. The molecule has 0 radical (unpaired) electrons. The maximum Gasteiger partial charge on any atom is 0.255 e. The third kappa shape index (κ3) is 8.15. The number of fused-ring (bicyclic) bond motifs is 1. The molecular weight excluding hydrogens is 514 g/mol. The zero-order valence-electron chi connectivity index (χ0n) is 24.4. The molecule has 1 aliphatic carbocycles. The zero-order chi connectivity index (χ0) is 29.2. The molecule has 218 valence electrons. The maximum absolute atomic E-state index is 13.0. The predicted molar refractivity (Wildman–Crippen MR) is 164 cm³/mol. The Hall–Kier alpha value is -3.74. The number of hydrogen-bond acceptors (Lipinski definition) is 4. The minimum atomic E-state index is -0.317. The van der Waals surface area contributed by atoms with Crippen molar-refractivity contribution in [3.05, 3.63) is 65.7 Å². The van der Waals surface area contributed by atoms with Gasteiger partial charge in [0.2, 0.25) is 17.7 Å². The second-order valence-electron chi connectivity index (χ2n) is 11.4. The number of nitrogens with one attached hydrogen (secondary N) is 2. The van der Waals surface area contributed by atoms with E-state index in [1.54, 1.807) is 48.5 Å². The Balaban J connectivity index is 1.23. The van der Waals surface area contributed by atoms with Crippen LogP contribution in [0.15, 0.2) is 60.2 Å². The van der Waals surface area contributed by atoms with E-state index in [9.17, 15) is 19.2 Å². The first kappa shape index (κ1) is 30.2. The fraction of sp³-hybridized carbons (Fsp3) is 0.471. The van der Waals surface area contributed by atoms with Gasteiger partial charge in [-0.1, -0.05) is 76.0 Å². The van der Waals surface area contributed by atoms with Crippen LogP contribution in [0.2, 0.25) is 0 Å². The van der Waals surface area contributed by atoms with Crippen LogP contribution in [0, 0.1) is 11.8 Å². The normalized spacial score (nSPS) is 18.2. The third-order valence-corrected chi connectivity index (χ3v) is 8.12. The number of carbonyl (C=O) groups excluding carboxylic acids is 4. The Bertz CT molecular complexity index is 1270. The number of nitrogens with zero attached hydrogens (tertiary/aromatic N) is 1. The molecule has 2 N–H and O–H groups in total. The van der Waals surface area contributed by atoms with Crippen molar-refractivity contribution in [3.63, 3.8) is 0 Å². The number of anilines is 3. The standard InChI is InChI=1S/C34H43N3O4/c1-3-4-5-6-7-8-9-10-11-15-31(38)35-26-13-12-14-27(23-26)36-32(39)25-17-19-28(20-18-25)37-33(40)29-21-16-24(2)22-30(29)34(37)41/h12-14,16-20,23,29-30H,3-11,15,21-22H2,1-2H3,(H,35,38)(H,36,39)/t29-,30+/m0/s1. The van der Waals surface area contributed by atoms with Gasteiger partial charge in [0, 0.05) is 23.4 Å². The average Bonchev–Trinajstić information content (AvgIpc) is 3.21. The summed E-state index contributed by atoms with van der Waals surface area (Å²) in [7, 11) is 0. The summed E-state index contributed by atoms with van der Waals surface area (Å²) in [4.78, 5) is 52.5. The Morgan fingerprint density at radius 3 is 2.10 bits per heavy atom. The van der Waals surface area contributed by atoms with Crippen molar-refractivity contribution in [2.24, 2.45) is 11.8 Å². The number of amides is 4. The molecule has 41 heavy (non-hydrogen) atoms. The fourth-order valence-corrected chi connectivity index (χ4v) is 5.75. The molecule has 2 atom stereocenters. The molecule has 4 rings (SSSR count). The molecule has 1 fully saturated rings. The minimum Gasteiger partial charge on any atom is -0.326 e. The van der Waals surface area contributed by atoms with Gasteiger partial charge in [-0.05, 0) is 68.7 Å². The van der Waals surface area contributed by atoms with E-state index in [1.165, 1.54) is 49.8 Å². The molecule has 7 nitrogen and oxygen atoms in total. The van der Waals surface area contributed by atoms with E-state index in [-0.39, 0.29) is 35.5 Å². The largest absolute Gasteiger partial charge is 0.326 e. The van der Waals surface area contributed by atoms with Crippen LogP contribution in [0.1, 0.15) is 101 Å². The Morgan fingerprint density at radius 1 is 0.805 bits per heavy atom. The lowest BCUT2D eigenvalue weighted by atomic mass is 9.82. The van der Waals surface area contributed by atoms with E-state index in [0.29, 0.717) is 41.9 Å². The van der Waals surface area contributed by atoms with E-state index in [0.717, 1.165) is 18.4 Å². The molecular formula is C34H43N3O4. The highest BCUT2D eigenvalue weighted by atomic mass is 16.2. The average molecular weight is 558 g/mol. The quantitative estimate of drug-likeness (QED) is 0.142. The number of unbranched alkanes of at least 4 members (excludes halogenated alkanes) is 8. The van der Waals surface area contributed by atoms with Gasteiger partial charge in [0.05, 0.1) is 17.5 Å². The lowest BCUT2D eigenvalue weighted by Gasteiger charge is -2.18. The van der Waals surface area contributed by atoms with Crippen LogP contribution >= 0.6 is 0 Å². The molecule has 1 aliphatic heterocycles. The summed E-state index contributed by atoms with van der Waals surface area (Å²) >= 11 is 0. The van der Waals surface area contributed by atoms with Gasteiger partial charge >= 0.3 is 0 Å². The Morgan fingerprint density at radius 2 is 1.41 bits per heavy atom. The molecule has 2 aromatic carbocycles. The first-order chi connectivity index (χ1) is 19.9. The summed E-state index contributed by atoms with van der Waals surface area (Å²) in [5, 5.41) is 5.79.